The van der Waals surface area contributed by atoms with E-state index < -0.39 is 0 Å². The van der Waals surface area contributed by atoms with Gasteiger partial charge in [-0.05, 0) is 43.7 Å². The molecule has 1 amide bonds. The number of amides is 1. The fraction of sp³-hybridized carbons (Fsp3) is 0.300. The maximum absolute atomic E-state index is 12.6. The van der Waals surface area contributed by atoms with Crippen LogP contribution in [0.1, 0.15) is 24.4 Å². The lowest BCUT2D eigenvalue weighted by Crippen LogP contribution is -2.30. The Bertz CT molecular complexity index is 964. The molecule has 1 atom stereocenters. The summed E-state index contributed by atoms with van der Waals surface area (Å²) in [6.07, 6.45) is 0. The van der Waals surface area contributed by atoms with E-state index in [0.717, 1.165) is 33.9 Å². The number of imidazole rings is 1. The first-order chi connectivity index (χ1) is 12.6. The molecule has 6 nitrogen and oxygen atoms in total. The SMILES string of the molecule is Cc1nc2ccccc2n1CC(=O)N[C@@H](C)c1ccc2c(c1)OCCO2. The smallest absolute Gasteiger partial charge is 0.240 e. The lowest BCUT2D eigenvalue weighted by Gasteiger charge is -2.21. The van der Waals surface area contributed by atoms with E-state index in [1.807, 2.05) is 60.9 Å². The van der Waals surface area contributed by atoms with Gasteiger partial charge in [-0.2, -0.15) is 0 Å². The van der Waals surface area contributed by atoms with E-state index in [4.69, 9.17) is 9.47 Å². The van der Waals surface area contributed by atoms with Crippen molar-refractivity contribution in [2.24, 2.45) is 0 Å². The molecule has 6 heteroatoms. The quantitative estimate of drug-likeness (QED) is 0.785. The molecule has 3 aromatic rings. The molecule has 2 aromatic carbocycles. The third-order valence-electron chi connectivity index (χ3n) is 4.59. The van der Waals surface area contributed by atoms with Crippen LogP contribution >= 0.6 is 0 Å². The largest absolute Gasteiger partial charge is 0.486 e. The highest BCUT2D eigenvalue weighted by Crippen LogP contribution is 2.32. The molecule has 0 saturated heterocycles. The summed E-state index contributed by atoms with van der Waals surface area (Å²) in [7, 11) is 0. The molecule has 0 aliphatic carbocycles. The lowest BCUT2D eigenvalue weighted by molar-refractivity contribution is -0.122. The van der Waals surface area contributed by atoms with Crippen LogP contribution in [0.3, 0.4) is 0 Å². The molecular weight excluding hydrogens is 330 g/mol. The van der Waals surface area contributed by atoms with Gasteiger partial charge in [0.1, 0.15) is 25.6 Å². The Morgan fingerprint density at radius 2 is 1.96 bits per heavy atom. The van der Waals surface area contributed by atoms with Crippen molar-refractivity contribution in [3.63, 3.8) is 0 Å². The van der Waals surface area contributed by atoms with E-state index in [2.05, 4.69) is 10.3 Å². The van der Waals surface area contributed by atoms with Crippen LogP contribution in [-0.2, 0) is 11.3 Å². The molecule has 0 unspecified atom stereocenters. The maximum Gasteiger partial charge on any atom is 0.240 e. The number of rotatable bonds is 4. The van der Waals surface area contributed by atoms with E-state index in [1.165, 1.54) is 0 Å². The predicted octanol–water partition coefficient (Wildman–Crippen LogP) is 2.99. The van der Waals surface area contributed by atoms with Crippen molar-refractivity contribution in [3.8, 4) is 11.5 Å². The van der Waals surface area contributed by atoms with Crippen LogP contribution in [0.15, 0.2) is 42.5 Å². The number of hydrogen-bond acceptors (Lipinski definition) is 4. The second-order valence-electron chi connectivity index (χ2n) is 6.43. The van der Waals surface area contributed by atoms with E-state index in [1.54, 1.807) is 0 Å². The normalized spacial score (nSPS) is 14.2. The number of aromatic nitrogens is 2. The van der Waals surface area contributed by atoms with Crippen molar-refractivity contribution in [2.45, 2.75) is 26.4 Å². The topological polar surface area (TPSA) is 65.4 Å². The molecule has 0 bridgehead atoms. The fourth-order valence-electron chi connectivity index (χ4n) is 3.24. The first-order valence-electron chi connectivity index (χ1n) is 8.72. The Balaban J connectivity index is 1.48. The van der Waals surface area contributed by atoms with Gasteiger partial charge in [-0.15, -0.1) is 0 Å². The van der Waals surface area contributed by atoms with Gasteiger partial charge in [0.05, 0.1) is 17.1 Å². The molecule has 0 radical (unpaired) electrons. The molecule has 4 rings (SSSR count). The molecule has 0 spiro atoms. The van der Waals surface area contributed by atoms with Gasteiger partial charge in [-0.3, -0.25) is 4.79 Å². The molecule has 1 aliphatic rings. The summed E-state index contributed by atoms with van der Waals surface area (Å²) in [5.41, 5.74) is 2.85. The Morgan fingerprint density at radius 3 is 2.81 bits per heavy atom. The number of nitrogens with zero attached hydrogens (tertiary/aromatic N) is 2. The van der Waals surface area contributed by atoms with Crippen molar-refractivity contribution in [3.05, 3.63) is 53.9 Å². The molecule has 1 aliphatic heterocycles. The standard InChI is InChI=1S/C20H21N3O3/c1-13(15-7-8-18-19(11-15)26-10-9-25-18)21-20(24)12-23-14(2)22-16-5-3-4-6-17(16)23/h3-8,11,13H,9-10,12H2,1-2H3,(H,21,24)/t13-/m0/s1. The van der Waals surface area contributed by atoms with Gasteiger partial charge in [0.2, 0.25) is 5.91 Å². The zero-order valence-electron chi connectivity index (χ0n) is 14.9. The predicted molar refractivity (Wildman–Crippen MR) is 98.5 cm³/mol. The average Bonchev–Trinajstić information content (AvgIpc) is 2.96. The molecule has 26 heavy (non-hydrogen) atoms. The van der Waals surface area contributed by atoms with E-state index in [0.29, 0.717) is 13.2 Å². The average molecular weight is 351 g/mol. The van der Waals surface area contributed by atoms with Crippen LogP contribution in [0.5, 0.6) is 11.5 Å². The molecule has 1 aromatic heterocycles. The number of benzene rings is 2. The lowest BCUT2D eigenvalue weighted by atomic mass is 10.1. The second kappa shape index (κ2) is 6.71. The molecule has 134 valence electrons. The van der Waals surface area contributed by atoms with E-state index in [-0.39, 0.29) is 18.5 Å². The van der Waals surface area contributed by atoms with Crippen molar-refractivity contribution < 1.29 is 14.3 Å². The fourth-order valence-corrected chi connectivity index (χ4v) is 3.24. The second-order valence-corrected chi connectivity index (χ2v) is 6.43. The minimum Gasteiger partial charge on any atom is -0.486 e. The number of carbonyl (C=O) groups excluding carboxylic acids is 1. The third-order valence-corrected chi connectivity index (χ3v) is 4.59. The highest BCUT2D eigenvalue weighted by Gasteiger charge is 2.17. The van der Waals surface area contributed by atoms with Crippen LogP contribution < -0.4 is 14.8 Å². The summed E-state index contributed by atoms with van der Waals surface area (Å²) in [5.74, 6) is 2.25. The number of carbonyl (C=O) groups is 1. The van der Waals surface area contributed by atoms with E-state index >= 15 is 0 Å². The highest BCUT2D eigenvalue weighted by molar-refractivity contribution is 5.81. The van der Waals surface area contributed by atoms with Crippen LogP contribution in [0.25, 0.3) is 11.0 Å². The summed E-state index contributed by atoms with van der Waals surface area (Å²) >= 11 is 0. The summed E-state index contributed by atoms with van der Waals surface area (Å²) in [6.45, 7) is 5.22. The van der Waals surface area contributed by atoms with E-state index in [9.17, 15) is 4.79 Å². The Kier molecular flexibility index (Phi) is 4.24. The van der Waals surface area contributed by atoms with Gasteiger partial charge >= 0.3 is 0 Å². The molecule has 0 saturated carbocycles. The summed E-state index contributed by atoms with van der Waals surface area (Å²) < 4.78 is 13.1. The minimum atomic E-state index is -0.131. The van der Waals surface area contributed by atoms with Gasteiger partial charge in [0, 0.05) is 0 Å². The molecule has 2 heterocycles. The molecular formula is C20H21N3O3. The Hall–Kier alpha value is -3.02. The first kappa shape index (κ1) is 16.4. The van der Waals surface area contributed by atoms with Gasteiger partial charge in [0.25, 0.3) is 0 Å². The van der Waals surface area contributed by atoms with Crippen molar-refractivity contribution in [1.82, 2.24) is 14.9 Å². The summed E-state index contributed by atoms with van der Waals surface area (Å²) in [6, 6.07) is 13.5. The summed E-state index contributed by atoms with van der Waals surface area (Å²) in [4.78, 5) is 17.1. The third kappa shape index (κ3) is 3.10. The minimum absolute atomic E-state index is 0.0568. The van der Waals surface area contributed by atoms with Crippen LogP contribution in [-0.4, -0.2) is 28.7 Å². The van der Waals surface area contributed by atoms with Gasteiger partial charge < -0.3 is 19.4 Å². The summed E-state index contributed by atoms with van der Waals surface area (Å²) in [5, 5.41) is 3.05. The van der Waals surface area contributed by atoms with Gasteiger partial charge in [-0.25, -0.2) is 4.98 Å². The van der Waals surface area contributed by atoms with Gasteiger partial charge in [0.15, 0.2) is 11.5 Å². The van der Waals surface area contributed by atoms with Crippen LogP contribution in [0, 0.1) is 6.92 Å². The molecule has 0 fully saturated rings. The van der Waals surface area contributed by atoms with Gasteiger partial charge in [-0.1, -0.05) is 18.2 Å². The van der Waals surface area contributed by atoms with Crippen molar-refractivity contribution in [2.75, 3.05) is 13.2 Å². The highest BCUT2D eigenvalue weighted by atomic mass is 16.6. The first-order valence-corrected chi connectivity index (χ1v) is 8.72. The van der Waals surface area contributed by atoms with Crippen molar-refractivity contribution in [1.29, 1.82) is 0 Å². The van der Waals surface area contributed by atoms with Crippen molar-refractivity contribution >= 4 is 16.9 Å². The Labute approximate surface area is 151 Å². The maximum atomic E-state index is 12.6. The Morgan fingerprint density at radius 1 is 1.19 bits per heavy atom. The monoisotopic (exact) mass is 351 g/mol. The number of fused-ring (bicyclic) bond motifs is 2. The number of para-hydroxylation sites is 2. The van der Waals surface area contributed by atoms with Crippen LogP contribution in [0.2, 0.25) is 0 Å². The number of nitrogens with one attached hydrogen (secondary N) is 1. The molecule has 1 N–H and O–H groups in total. The number of aryl methyl sites for hydroxylation is 1. The number of ether oxygens (including phenoxy) is 2. The van der Waals surface area contributed by atoms with Crippen LogP contribution in [0.4, 0.5) is 0 Å². The number of hydrogen-bond donors (Lipinski definition) is 1. The zero-order valence-corrected chi connectivity index (χ0v) is 14.9. The zero-order chi connectivity index (χ0) is 18.1.